The molecule has 1 amide bonds. The smallest absolute Gasteiger partial charge is 0.293 e. The predicted molar refractivity (Wildman–Crippen MR) is 89.7 cm³/mol. The number of anilines is 1. The van der Waals surface area contributed by atoms with Crippen molar-refractivity contribution in [2.75, 3.05) is 5.32 Å². The van der Waals surface area contributed by atoms with E-state index in [-0.39, 0.29) is 17.3 Å². The van der Waals surface area contributed by atoms with Gasteiger partial charge in [0.1, 0.15) is 5.69 Å². The van der Waals surface area contributed by atoms with Crippen LogP contribution in [0, 0.1) is 10.1 Å². The van der Waals surface area contributed by atoms with Crippen LogP contribution in [0.5, 0.6) is 0 Å². The monoisotopic (exact) mass is 326 g/mol. The zero-order chi connectivity index (χ0) is 17.1. The number of hydrogen-bond acceptors (Lipinski definition) is 3. The number of carbonyl (C=O) groups is 1. The molecule has 0 radical (unpaired) electrons. The number of aryl methyl sites for hydroxylation is 2. The number of carbonyl (C=O) groups excluding carboxylic acids is 1. The standard InChI is InChI=1S/C18H19N3O3/c1-13(20-11-10-14-6-2-3-7-15(14)12-20)18(22)19-16-8-4-5-9-17(16)21(23)24/h4-5,8-13H,2-3,6-7H2,1H3/p+1/t13-/m1/s1. The number of pyridine rings is 1. The highest BCUT2D eigenvalue weighted by molar-refractivity contribution is 5.94. The molecule has 124 valence electrons. The minimum absolute atomic E-state index is 0.103. The first-order valence-electron chi connectivity index (χ1n) is 8.13. The number of nitro groups is 1. The molecule has 0 aliphatic heterocycles. The molecule has 0 saturated carbocycles. The van der Waals surface area contributed by atoms with Crippen LogP contribution >= 0.6 is 0 Å². The van der Waals surface area contributed by atoms with Crippen LogP contribution in [0.15, 0.2) is 42.7 Å². The van der Waals surface area contributed by atoms with Gasteiger partial charge in [0.05, 0.1) is 4.92 Å². The van der Waals surface area contributed by atoms with E-state index in [1.807, 2.05) is 17.0 Å². The van der Waals surface area contributed by atoms with E-state index < -0.39 is 11.0 Å². The van der Waals surface area contributed by atoms with E-state index in [4.69, 9.17) is 0 Å². The van der Waals surface area contributed by atoms with Crippen LogP contribution in [0.4, 0.5) is 11.4 Å². The van der Waals surface area contributed by atoms with Gasteiger partial charge >= 0.3 is 0 Å². The molecule has 0 saturated heterocycles. The number of rotatable bonds is 4. The number of fused-ring (bicyclic) bond motifs is 1. The maximum atomic E-state index is 12.5. The predicted octanol–water partition coefficient (Wildman–Crippen LogP) is 2.96. The highest BCUT2D eigenvalue weighted by Gasteiger charge is 2.26. The summed E-state index contributed by atoms with van der Waals surface area (Å²) in [7, 11) is 0. The summed E-state index contributed by atoms with van der Waals surface area (Å²) in [6, 6.07) is 7.79. The first-order chi connectivity index (χ1) is 11.6. The fraction of sp³-hybridized carbons (Fsp3) is 0.333. The molecule has 24 heavy (non-hydrogen) atoms. The van der Waals surface area contributed by atoms with E-state index in [1.54, 1.807) is 25.1 Å². The summed E-state index contributed by atoms with van der Waals surface area (Å²) < 4.78 is 1.87. The Hall–Kier alpha value is -2.76. The molecule has 1 aromatic heterocycles. The maximum absolute atomic E-state index is 12.5. The van der Waals surface area contributed by atoms with Crippen molar-refractivity contribution in [3.05, 3.63) is 64.0 Å². The fourth-order valence-electron chi connectivity index (χ4n) is 3.04. The molecule has 0 unspecified atom stereocenters. The lowest BCUT2D eigenvalue weighted by Crippen LogP contribution is -2.44. The summed E-state index contributed by atoms with van der Waals surface area (Å²) in [6.07, 6.45) is 8.45. The largest absolute Gasteiger partial charge is 0.315 e. The Morgan fingerprint density at radius 3 is 2.67 bits per heavy atom. The van der Waals surface area contributed by atoms with Gasteiger partial charge < -0.3 is 5.32 Å². The van der Waals surface area contributed by atoms with Crippen molar-refractivity contribution >= 4 is 17.3 Å². The zero-order valence-corrected chi connectivity index (χ0v) is 13.6. The number of amides is 1. The summed E-state index contributed by atoms with van der Waals surface area (Å²) in [5.41, 5.74) is 2.75. The van der Waals surface area contributed by atoms with Crippen molar-refractivity contribution in [3.8, 4) is 0 Å². The number of nitrogens with zero attached hydrogens (tertiary/aromatic N) is 2. The lowest BCUT2D eigenvalue weighted by atomic mass is 9.93. The number of nitrogens with one attached hydrogen (secondary N) is 1. The third-order valence-electron chi connectivity index (χ3n) is 4.49. The molecule has 3 rings (SSSR count). The van der Waals surface area contributed by atoms with E-state index in [0.717, 1.165) is 12.8 Å². The Bertz CT molecular complexity index is 789. The van der Waals surface area contributed by atoms with Gasteiger partial charge in [-0.2, -0.15) is 4.57 Å². The zero-order valence-electron chi connectivity index (χ0n) is 13.6. The van der Waals surface area contributed by atoms with Crippen LogP contribution in [-0.2, 0) is 17.6 Å². The number of benzene rings is 1. The van der Waals surface area contributed by atoms with E-state index >= 15 is 0 Å². The van der Waals surface area contributed by atoms with E-state index in [0.29, 0.717) is 0 Å². The molecule has 1 aliphatic carbocycles. The van der Waals surface area contributed by atoms with E-state index in [2.05, 4.69) is 11.4 Å². The second-order valence-electron chi connectivity index (χ2n) is 6.09. The molecule has 1 aromatic carbocycles. The second-order valence-corrected chi connectivity index (χ2v) is 6.09. The van der Waals surface area contributed by atoms with Crippen molar-refractivity contribution in [2.24, 2.45) is 0 Å². The van der Waals surface area contributed by atoms with Crippen molar-refractivity contribution in [2.45, 2.75) is 38.6 Å². The summed E-state index contributed by atoms with van der Waals surface area (Å²) in [6.45, 7) is 1.79. The molecule has 1 heterocycles. The summed E-state index contributed by atoms with van der Waals surface area (Å²) >= 11 is 0. The van der Waals surface area contributed by atoms with Gasteiger partial charge in [0.15, 0.2) is 12.4 Å². The van der Waals surface area contributed by atoms with Crippen LogP contribution < -0.4 is 9.88 Å². The molecule has 1 N–H and O–H groups in total. The quantitative estimate of drug-likeness (QED) is 0.533. The van der Waals surface area contributed by atoms with Gasteiger partial charge in [-0.3, -0.25) is 14.9 Å². The minimum atomic E-state index is -0.494. The Morgan fingerprint density at radius 1 is 1.21 bits per heavy atom. The minimum Gasteiger partial charge on any atom is -0.315 e. The van der Waals surface area contributed by atoms with Gasteiger partial charge in [0, 0.05) is 24.6 Å². The summed E-state index contributed by atoms with van der Waals surface area (Å²) in [5, 5.41) is 13.7. The molecule has 0 bridgehead atoms. The van der Waals surface area contributed by atoms with Gasteiger partial charge in [0.25, 0.3) is 11.6 Å². The Morgan fingerprint density at radius 2 is 1.92 bits per heavy atom. The number of nitro benzene ring substituents is 1. The number of hydrogen-bond donors (Lipinski definition) is 1. The summed E-state index contributed by atoms with van der Waals surface area (Å²) in [4.78, 5) is 23.1. The number of aromatic nitrogens is 1. The van der Waals surface area contributed by atoms with Gasteiger partial charge in [-0.05, 0) is 37.3 Å². The van der Waals surface area contributed by atoms with Crippen LogP contribution in [0.25, 0.3) is 0 Å². The normalized spacial score (nSPS) is 14.5. The molecular weight excluding hydrogens is 306 g/mol. The Kier molecular flexibility index (Phi) is 4.55. The van der Waals surface area contributed by atoms with Crippen molar-refractivity contribution < 1.29 is 14.3 Å². The number of para-hydroxylation sites is 2. The third kappa shape index (κ3) is 3.27. The average molecular weight is 326 g/mol. The van der Waals surface area contributed by atoms with Crippen molar-refractivity contribution in [1.82, 2.24) is 0 Å². The molecule has 2 aromatic rings. The van der Waals surface area contributed by atoms with Crippen LogP contribution in [0.3, 0.4) is 0 Å². The van der Waals surface area contributed by atoms with Gasteiger partial charge in [-0.1, -0.05) is 12.1 Å². The Labute approximate surface area is 140 Å². The first-order valence-corrected chi connectivity index (χ1v) is 8.13. The third-order valence-corrected chi connectivity index (χ3v) is 4.49. The van der Waals surface area contributed by atoms with Crippen molar-refractivity contribution in [1.29, 1.82) is 0 Å². The van der Waals surface area contributed by atoms with Crippen molar-refractivity contribution in [3.63, 3.8) is 0 Å². The van der Waals surface area contributed by atoms with E-state index in [1.165, 1.54) is 30.0 Å². The molecular formula is C18H20N3O3+. The highest BCUT2D eigenvalue weighted by Crippen LogP contribution is 2.24. The van der Waals surface area contributed by atoms with Gasteiger partial charge in [-0.25, -0.2) is 0 Å². The van der Waals surface area contributed by atoms with Crippen LogP contribution in [-0.4, -0.2) is 10.8 Å². The van der Waals surface area contributed by atoms with Crippen LogP contribution in [0.2, 0.25) is 0 Å². The van der Waals surface area contributed by atoms with Gasteiger partial charge in [0.2, 0.25) is 6.04 Å². The second kappa shape index (κ2) is 6.78. The average Bonchev–Trinajstić information content (AvgIpc) is 2.61. The molecule has 1 aliphatic rings. The van der Waals surface area contributed by atoms with E-state index in [9.17, 15) is 14.9 Å². The topological polar surface area (TPSA) is 76.1 Å². The lowest BCUT2D eigenvalue weighted by molar-refractivity contribution is -0.706. The van der Waals surface area contributed by atoms with Gasteiger partial charge in [-0.15, -0.1) is 0 Å². The lowest BCUT2D eigenvalue weighted by Gasteiger charge is -2.15. The molecule has 0 spiro atoms. The molecule has 0 fully saturated rings. The molecule has 6 nitrogen and oxygen atoms in total. The van der Waals surface area contributed by atoms with Crippen LogP contribution in [0.1, 0.15) is 36.9 Å². The summed E-state index contributed by atoms with van der Waals surface area (Å²) in [5.74, 6) is -0.273. The highest BCUT2D eigenvalue weighted by atomic mass is 16.6. The SMILES string of the molecule is C[C@H](C(=O)Nc1ccccc1[N+](=O)[O-])[n+]1ccc2c(c1)CCCC2. The first kappa shape index (κ1) is 16.1. The molecule has 6 heteroatoms. The molecule has 1 atom stereocenters. The Balaban J connectivity index is 1.79. The maximum Gasteiger partial charge on any atom is 0.293 e. The fourth-order valence-corrected chi connectivity index (χ4v) is 3.04.